The Hall–Kier alpha value is -1.09. The molecule has 0 spiro atoms. The average Bonchev–Trinajstić information content (AvgIpc) is 3.19. The molecule has 1 aromatic rings. The van der Waals surface area contributed by atoms with Gasteiger partial charge in [0, 0.05) is 30.4 Å². The molecule has 3 nitrogen and oxygen atoms in total. The normalized spacial score (nSPS) is 22.1. The molecule has 1 aliphatic heterocycles. The lowest BCUT2D eigenvalue weighted by Crippen LogP contribution is -2.39. The fraction of sp³-hybridized carbons (Fsp3) is 0.667. The van der Waals surface area contributed by atoms with Crippen molar-refractivity contribution in [2.45, 2.75) is 51.7 Å². The second kappa shape index (κ2) is 4.88. The van der Waals surface area contributed by atoms with Crippen molar-refractivity contribution in [2.75, 3.05) is 13.1 Å². The zero-order valence-electron chi connectivity index (χ0n) is 11.4. The molecule has 2 fully saturated rings. The van der Waals surface area contributed by atoms with Gasteiger partial charge in [-0.05, 0) is 45.6 Å². The van der Waals surface area contributed by atoms with Gasteiger partial charge in [0.1, 0.15) is 6.10 Å². The van der Waals surface area contributed by atoms with Crippen molar-refractivity contribution in [1.82, 2.24) is 9.88 Å². The first-order valence-corrected chi connectivity index (χ1v) is 7.07. The van der Waals surface area contributed by atoms with Gasteiger partial charge in [-0.25, -0.2) is 4.98 Å². The number of pyridine rings is 1. The van der Waals surface area contributed by atoms with Gasteiger partial charge in [-0.2, -0.15) is 0 Å². The number of likely N-dealkylation sites (tertiary alicyclic amines) is 1. The van der Waals surface area contributed by atoms with Crippen molar-refractivity contribution in [3.05, 3.63) is 23.4 Å². The van der Waals surface area contributed by atoms with Crippen molar-refractivity contribution < 1.29 is 4.74 Å². The van der Waals surface area contributed by atoms with Crippen molar-refractivity contribution >= 4 is 0 Å². The Morgan fingerprint density at radius 1 is 1.11 bits per heavy atom. The highest BCUT2D eigenvalue weighted by Gasteiger charge is 2.32. The number of aromatic nitrogens is 1. The van der Waals surface area contributed by atoms with Crippen LogP contribution in [0.4, 0.5) is 0 Å². The lowest BCUT2D eigenvalue weighted by Gasteiger charge is -2.32. The maximum atomic E-state index is 6.08. The van der Waals surface area contributed by atoms with Crippen LogP contribution in [0.2, 0.25) is 0 Å². The minimum atomic E-state index is 0.355. The van der Waals surface area contributed by atoms with Gasteiger partial charge in [0.05, 0.1) is 0 Å². The minimum Gasteiger partial charge on any atom is -0.474 e. The molecule has 0 atom stereocenters. The molecule has 2 aliphatic rings. The molecule has 0 N–H and O–H groups in total. The molecule has 3 rings (SSSR count). The van der Waals surface area contributed by atoms with Gasteiger partial charge < -0.3 is 9.64 Å². The van der Waals surface area contributed by atoms with Crippen LogP contribution >= 0.6 is 0 Å². The molecule has 0 radical (unpaired) electrons. The number of piperidine rings is 1. The van der Waals surface area contributed by atoms with Crippen LogP contribution in [-0.2, 0) is 0 Å². The molecule has 0 aromatic carbocycles. The van der Waals surface area contributed by atoms with Gasteiger partial charge in [0.2, 0.25) is 5.88 Å². The third-order valence-electron chi connectivity index (χ3n) is 4.01. The Morgan fingerprint density at radius 2 is 1.83 bits per heavy atom. The zero-order chi connectivity index (χ0) is 12.5. The van der Waals surface area contributed by atoms with Crippen molar-refractivity contribution in [1.29, 1.82) is 0 Å². The fourth-order valence-electron chi connectivity index (χ4n) is 2.68. The quantitative estimate of drug-likeness (QED) is 0.820. The summed E-state index contributed by atoms with van der Waals surface area (Å²) in [6.45, 7) is 6.48. The van der Waals surface area contributed by atoms with E-state index in [4.69, 9.17) is 4.74 Å². The minimum absolute atomic E-state index is 0.355. The van der Waals surface area contributed by atoms with Crippen LogP contribution < -0.4 is 4.74 Å². The predicted octanol–water partition coefficient (Wildman–Crippen LogP) is 2.70. The largest absolute Gasteiger partial charge is 0.474 e. The lowest BCUT2D eigenvalue weighted by atomic mass is 10.1. The average molecular weight is 246 g/mol. The third kappa shape index (κ3) is 2.66. The van der Waals surface area contributed by atoms with E-state index in [2.05, 4.69) is 22.9 Å². The maximum Gasteiger partial charge on any atom is 0.216 e. The van der Waals surface area contributed by atoms with E-state index in [1.165, 1.54) is 25.9 Å². The number of hydrogen-bond donors (Lipinski definition) is 0. The van der Waals surface area contributed by atoms with Crippen molar-refractivity contribution in [3.8, 4) is 5.88 Å². The number of hydrogen-bond acceptors (Lipinski definition) is 3. The van der Waals surface area contributed by atoms with Crippen LogP contribution in [0, 0.1) is 13.8 Å². The number of aryl methyl sites for hydroxylation is 2. The molecule has 1 aliphatic carbocycles. The second-order valence-corrected chi connectivity index (χ2v) is 5.66. The van der Waals surface area contributed by atoms with Gasteiger partial charge in [-0.15, -0.1) is 0 Å². The van der Waals surface area contributed by atoms with Crippen LogP contribution in [0.5, 0.6) is 5.88 Å². The molecule has 2 heterocycles. The molecule has 1 saturated carbocycles. The van der Waals surface area contributed by atoms with E-state index in [9.17, 15) is 0 Å². The predicted molar refractivity (Wildman–Crippen MR) is 72.0 cm³/mol. The van der Waals surface area contributed by atoms with Gasteiger partial charge >= 0.3 is 0 Å². The van der Waals surface area contributed by atoms with E-state index in [1.807, 2.05) is 13.0 Å². The summed E-state index contributed by atoms with van der Waals surface area (Å²) in [5, 5.41) is 0. The summed E-state index contributed by atoms with van der Waals surface area (Å²) in [7, 11) is 0. The standard InChI is InChI=1S/C15H22N2O/c1-11-3-4-12(2)16-15(11)18-14-7-9-17(10-8-14)13-5-6-13/h3-4,13-14H,5-10H2,1-2H3. The molecule has 1 aromatic heterocycles. The summed E-state index contributed by atoms with van der Waals surface area (Å²) in [5.41, 5.74) is 2.18. The van der Waals surface area contributed by atoms with Gasteiger partial charge in [0.15, 0.2) is 0 Å². The first-order chi connectivity index (χ1) is 8.72. The third-order valence-corrected chi connectivity index (χ3v) is 4.01. The Bertz CT molecular complexity index is 421. The second-order valence-electron chi connectivity index (χ2n) is 5.66. The van der Waals surface area contributed by atoms with Crippen LogP contribution in [0.25, 0.3) is 0 Å². The fourth-order valence-corrected chi connectivity index (χ4v) is 2.68. The van der Waals surface area contributed by atoms with E-state index in [0.29, 0.717) is 6.10 Å². The molecule has 0 unspecified atom stereocenters. The number of nitrogens with zero attached hydrogens (tertiary/aromatic N) is 2. The van der Waals surface area contributed by atoms with Crippen molar-refractivity contribution in [3.63, 3.8) is 0 Å². The van der Waals surface area contributed by atoms with Crippen LogP contribution in [0.1, 0.15) is 36.9 Å². The highest BCUT2D eigenvalue weighted by atomic mass is 16.5. The van der Waals surface area contributed by atoms with Crippen molar-refractivity contribution in [2.24, 2.45) is 0 Å². The van der Waals surface area contributed by atoms with E-state index in [1.54, 1.807) is 0 Å². The maximum absolute atomic E-state index is 6.08. The SMILES string of the molecule is Cc1ccc(C)c(OC2CCN(C3CC3)CC2)n1. The molecule has 0 bridgehead atoms. The van der Waals surface area contributed by atoms with E-state index < -0.39 is 0 Å². The molecule has 0 amide bonds. The monoisotopic (exact) mass is 246 g/mol. The molecule has 18 heavy (non-hydrogen) atoms. The van der Waals surface area contributed by atoms with Gasteiger partial charge in [-0.3, -0.25) is 0 Å². The van der Waals surface area contributed by atoms with Crippen LogP contribution in [0.15, 0.2) is 12.1 Å². The Morgan fingerprint density at radius 3 is 2.50 bits per heavy atom. The molecule has 1 saturated heterocycles. The Labute approximate surface area is 109 Å². The van der Waals surface area contributed by atoms with E-state index in [-0.39, 0.29) is 0 Å². The summed E-state index contributed by atoms with van der Waals surface area (Å²) in [6, 6.07) is 5.03. The van der Waals surface area contributed by atoms with Crippen LogP contribution in [0.3, 0.4) is 0 Å². The highest BCUT2D eigenvalue weighted by Crippen LogP contribution is 2.30. The van der Waals surface area contributed by atoms with E-state index in [0.717, 1.165) is 36.0 Å². The molecular formula is C15H22N2O. The molecular weight excluding hydrogens is 224 g/mol. The first kappa shape index (κ1) is 12.0. The summed E-state index contributed by atoms with van der Waals surface area (Å²) in [5.74, 6) is 0.833. The lowest BCUT2D eigenvalue weighted by molar-refractivity contribution is 0.0923. The summed E-state index contributed by atoms with van der Waals surface area (Å²) in [4.78, 5) is 7.12. The zero-order valence-corrected chi connectivity index (χ0v) is 11.4. The topological polar surface area (TPSA) is 25.4 Å². The number of rotatable bonds is 3. The summed E-state index contributed by atoms with van der Waals surface area (Å²) in [6.07, 6.45) is 5.46. The number of ether oxygens (including phenoxy) is 1. The molecule has 98 valence electrons. The van der Waals surface area contributed by atoms with Gasteiger partial charge in [-0.1, -0.05) is 6.07 Å². The highest BCUT2D eigenvalue weighted by molar-refractivity contribution is 5.26. The molecule has 3 heteroatoms. The van der Waals surface area contributed by atoms with E-state index >= 15 is 0 Å². The van der Waals surface area contributed by atoms with Crippen LogP contribution in [-0.4, -0.2) is 35.1 Å². The Kier molecular flexibility index (Phi) is 3.25. The van der Waals surface area contributed by atoms with Gasteiger partial charge in [0.25, 0.3) is 0 Å². The first-order valence-electron chi connectivity index (χ1n) is 7.07. The Balaban J connectivity index is 1.58. The smallest absolute Gasteiger partial charge is 0.216 e. The summed E-state index contributed by atoms with van der Waals surface area (Å²) >= 11 is 0. The summed E-state index contributed by atoms with van der Waals surface area (Å²) < 4.78 is 6.08.